The monoisotopic (exact) mass is 373 g/mol. The third kappa shape index (κ3) is 6.74. The molecule has 0 spiro atoms. The maximum Gasteiger partial charge on any atom is 0.267 e. The molecule has 8 heteroatoms. The number of likely N-dealkylation sites (N-methyl/N-ethyl adjacent to an activating group) is 1. The molecule has 0 aliphatic rings. The van der Waals surface area contributed by atoms with Gasteiger partial charge < -0.3 is 20.8 Å². The number of rotatable bonds is 6. The average Bonchev–Trinajstić information content (AvgIpc) is 2.68. The highest BCUT2D eigenvalue weighted by atomic mass is 16.5. The number of benzene rings is 1. The van der Waals surface area contributed by atoms with E-state index in [0.717, 1.165) is 0 Å². The van der Waals surface area contributed by atoms with Crippen LogP contribution in [0.15, 0.2) is 24.3 Å². The second kappa shape index (κ2) is 10.3. The van der Waals surface area contributed by atoms with Gasteiger partial charge in [-0.15, -0.1) is 0 Å². The average molecular weight is 373 g/mol. The number of aliphatic hydroxyl groups is 2. The Balaban J connectivity index is 2.88. The van der Waals surface area contributed by atoms with Crippen LogP contribution in [-0.2, 0) is 4.79 Å². The van der Waals surface area contributed by atoms with Gasteiger partial charge in [0.05, 0.1) is 6.61 Å². The van der Waals surface area contributed by atoms with E-state index in [9.17, 15) is 9.59 Å². The van der Waals surface area contributed by atoms with Crippen LogP contribution in [0.1, 0.15) is 29.8 Å². The molecule has 2 amide bonds. The zero-order valence-electron chi connectivity index (χ0n) is 15.3. The van der Waals surface area contributed by atoms with Crippen LogP contribution in [0, 0.1) is 23.7 Å². The molecule has 1 aromatic carbocycles. The summed E-state index contributed by atoms with van der Waals surface area (Å²) in [6.45, 7) is 2.96. The molecular weight excluding hydrogens is 350 g/mol. The van der Waals surface area contributed by atoms with E-state index >= 15 is 0 Å². The lowest BCUT2D eigenvalue weighted by atomic mass is 9.93. The summed E-state index contributed by atoms with van der Waals surface area (Å²) in [6, 6.07) is 5.28. The fourth-order valence-electron chi connectivity index (χ4n) is 1.97. The summed E-state index contributed by atoms with van der Waals surface area (Å²) in [7, 11) is 1.64. The number of amides is 2. The number of nitrogens with one attached hydrogen (secondary N) is 3. The summed E-state index contributed by atoms with van der Waals surface area (Å²) in [5.74, 6) is 8.79. The van der Waals surface area contributed by atoms with E-state index in [1.807, 2.05) is 0 Å². The second-order valence-electron chi connectivity index (χ2n) is 6.15. The molecule has 27 heavy (non-hydrogen) atoms. The second-order valence-corrected chi connectivity index (χ2v) is 6.15. The Labute approximate surface area is 157 Å². The molecule has 6 N–H and O–H groups in total. The molecule has 1 rings (SSSR count). The van der Waals surface area contributed by atoms with Crippen LogP contribution in [0.2, 0.25) is 0 Å². The van der Waals surface area contributed by atoms with Crippen LogP contribution in [0.3, 0.4) is 0 Å². The first kappa shape index (κ1) is 22.2. The predicted octanol–water partition coefficient (Wildman–Crippen LogP) is -1.00. The molecule has 144 valence electrons. The van der Waals surface area contributed by atoms with Crippen molar-refractivity contribution in [2.45, 2.75) is 31.5 Å². The Morgan fingerprint density at radius 1 is 1.19 bits per heavy atom. The number of carbonyl (C=O) groups is 2. The van der Waals surface area contributed by atoms with Gasteiger partial charge in [-0.25, -0.2) is 5.48 Å². The van der Waals surface area contributed by atoms with E-state index in [2.05, 4.69) is 34.3 Å². The molecule has 2 unspecified atom stereocenters. The number of hydroxylamine groups is 1. The summed E-state index contributed by atoms with van der Waals surface area (Å²) in [4.78, 5) is 24.3. The van der Waals surface area contributed by atoms with Crippen molar-refractivity contribution in [3.05, 3.63) is 35.4 Å². The predicted molar refractivity (Wildman–Crippen MR) is 98.5 cm³/mol. The summed E-state index contributed by atoms with van der Waals surface area (Å²) >= 11 is 0. The fourth-order valence-corrected chi connectivity index (χ4v) is 1.97. The third-order valence-corrected chi connectivity index (χ3v) is 3.84. The first-order valence-corrected chi connectivity index (χ1v) is 8.09. The number of carbonyl (C=O) groups excluding carboxylic acids is 2. The lowest BCUT2D eigenvalue weighted by molar-refractivity contribution is -0.132. The summed E-state index contributed by atoms with van der Waals surface area (Å²) in [5.41, 5.74) is 1.66. The normalized spacial score (nSPS) is 12.5. The van der Waals surface area contributed by atoms with Crippen LogP contribution in [0.4, 0.5) is 0 Å². The highest BCUT2D eigenvalue weighted by Gasteiger charge is 2.35. The zero-order valence-corrected chi connectivity index (χ0v) is 15.3. The molecular formula is C19H23N3O5. The van der Waals surface area contributed by atoms with Crippen molar-refractivity contribution < 1.29 is 25.0 Å². The van der Waals surface area contributed by atoms with E-state index in [-0.39, 0.29) is 0 Å². The first-order chi connectivity index (χ1) is 12.7. The Kier molecular flexibility index (Phi) is 8.46. The molecule has 0 aliphatic carbocycles. The molecule has 0 saturated heterocycles. The van der Waals surface area contributed by atoms with Crippen LogP contribution >= 0.6 is 0 Å². The van der Waals surface area contributed by atoms with Crippen molar-refractivity contribution in [1.82, 2.24) is 16.1 Å². The number of hydrogen-bond acceptors (Lipinski definition) is 6. The van der Waals surface area contributed by atoms with Gasteiger partial charge in [0.15, 0.2) is 0 Å². The van der Waals surface area contributed by atoms with Gasteiger partial charge in [0, 0.05) is 16.7 Å². The van der Waals surface area contributed by atoms with E-state index in [0.29, 0.717) is 11.1 Å². The molecule has 1 aromatic rings. The van der Waals surface area contributed by atoms with Gasteiger partial charge >= 0.3 is 0 Å². The quantitative estimate of drug-likeness (QED) is 0.215. The van der Waals surface area contributed by atoms with Crippen LogP contribution in [0.25, 0.3) is 0 Å². The highest BCUT2D eigenvalue weighted by molar-refractivity contribution is 5.97. The minimum absolute atomic E-state index is 0.310. The Morgan fingerprint density at radius 3 is 2.33 bits per heavy atom. The van der Waals surface area contributed by atoms with Crippen molar-refractivity contribution in [3.8, 4) is 23.7 Å². The number of hydrogen-bond donors (Lipinski definition) is 6. The molecule has 0 saturated carbocycles. The summed E-state index contributed by atoms with van der Waals surface area (Å²) in [6.07, 6.45) is -1.13. The molecule has 0 aromatic heterocycles. The van der Waals surface area contributed by atoms with Crippen molar-refractivity contribution >= 4 is 11.8 Å². The van der Waals surface area contributed by atoms with E-state index in [1.165, 1.54) is 12.1 Å². The first-order valence-electron chi connectivity index (χ1n) is 8.09. The Bertz CT molecular complexity index is 782. The van der Waals surface area contributed by atoms with E-state index < -0.39 is 36.1 Å². The molecule has 0 bridgehead atoms. The molecule has 0 radical (unpaired) electrons. The van der Waals surface area contributed by atoms with Crippen molar-refractivity contribution in [2.75, 3.05) is 13.7 Å². The summed E-state index contributed by atoms with van der Waals surface area (Å²) in [5, 5.41) is 32.1. The topological polar surface area (TPSA) is 131 Å². The van der Waals surface area contributed by atoms with Crippen molar-refractivity contribution in [1.29, 1.82) is 0 Å². The van der Waals surface area contributed by atoms with Crippen molar-refractivity contribution in [2.24, 2.45) is 0 Å². The van der Waals surface area contributed by atoms with Gasteiger partial charge in [-0.3, -0.25) is 14.8 Å². The van der Waals surface area contributed by atoms with Gasteiger partial charge in [0.1, 0.15) is 12.1 Å². The maximum absolute atomic E-state index is 12.4. The minimum Gasteiger partial charge on any atom is -0.393 e. The zero-order chi connectivity index (χ0) is 20.4. The Hall–Kier alpha value is -2.88. The minimum atomic E-state index is -1.13. The SMILES string of the molecule is CNC(C)(C)C(NC(=O)c1ccc(C#CC#CC(O)CO)cc1)C(=O)NO. The molecule has 0 fully saturated rings. The summed E-state index contributed by atoms with van der Waals surface area (Å²) < 4.78 is 0. The van der Waals surface area contributed by atoms with Gasteiger partial charge in [0.25, 0.3) is 11.8 Å². The molecule has 8 nitrogen and oxygen atoms in total. The van der Waals surface area contributed by atoms with Gasteiger partial charge in [-0.1, -0.05) is 11.8 Å². The molecule has 0 aliphatic heterocycles. The fraction of sp³-hybridized carbons (Fsp3) is 0.368. The largest absolute Gasteiger partial charge is 0.393 e. The van der Waals surface area contributed by atoms with E-state index in [1.54, 1.807) is 38.5 Å². The maximum atomic E-state index is 12.4. The van der Waals surface area contributed by atoms with Gasteiger partial charge in [0.2, 0.25) is 0 Å². The van der Waals surface area contributed by atoms with Crippen LogP contribution in [0.5, 0.6) is 0 Å². The van der Waals surface area contributed by atoms with E-state index in [4.69, 9.17) is 15.4 Å². The molecule has 0 heterocycles. The smallest absolute Gasteiger partial charge is 0.267 e. The Morgan fingerprint density at radius 2 is 1.81 bits per heavy atom. The number of aliphatic hydroxyl groups excluding tert-OH is 2. The van der Waals surface area contributed by atoms with Gasteiger partial charge in [-0.2, -0.15) is 0 Å². The lowest BCUT2D eigenvalue weighted by Gasteiger charge is -2.32. The van der Waals surface area contributed by atoms with Crippen LogP contribution < -0.4 is 16.1 Å². The van der Waals surface area contributed by atoms with Crippen molar-refractivity contribution in [3.63, 3.8) is 0 Å². The van der Waals surface area contributed by atoms with Crippen LogP contribution in [-0.4, -0.2) is 58.6 Å². The van der Waals surface area contributed by atoms with Gasteiger partial charge in [-0.05, 0) is 57.0 Å². The molecule has 2 atom stereocenters. The highest BCUT2D eigenvalue weighted by Crippen LogP contribution is 2.11. The third-order valence-electron chi connectivity index (χ3n) is 3.84. The standard InChI is InChI=1S/C19H23N3O5/c1-19(2,20-3)16(18(26)22-27)21-17(25)14-10-8-13(9-11-14)6-4-5-7-15(24)12-23/h8-11,15-16,20,23-24,27H,12H2,1-3H3,(H,21,25)(H,22,26). The lowest BCUT2D eigenvalue weighted by Crippen LogP contribution is -2.62.